The van der Waals surface area contributed by atoms with Crippen molar-refractivity contribution in [2.24, 2.45) is 0 Å². The van der Waals surface area contributed by atoms with Crippen molar-refractivity contribution in [3.05, 3.63) is 34.2 Å². The van der Waals surface area contributed by atoms with Crippen LogP contribution in [0.2, 0.25) is 0 Å². The summed E-state index contributed by atoms with van der Waals surface area (Å²) in [5, 5.41) is 0. The fourth-order valence-electron chi connectivity index (χ4n) is 1.96. The van der Waals surface area contributed by atoms with Crippen molar-refractivity contribution in [3.8, 4) is 5.75 Å². The first-order chi connectivity index (χ1) is 9.47. The van der Waals surface area contributed by atoms with Gasteiger partial charge in [-0.1, -0.05) is 13.3 Å². The van der Waals surface area contributed by atoms with Gasteiger partial charge in [0.05, 0.1) is 18.1 Å². The molecule has 0 aliphatic carbocycles. The van der Waals surface area contributed by atoms with Crippen molar-refractivity contribution >= 4 is 11.0 Å². The van der Waals surface area contributed by atoms with Crippen LogP contribution in [0.5, 0.6) is 5.75 Å². The van der Waals surface area contributed by atoms with Crippen LogP contribution >= 0.6 is 0 Å². The third kappa shape index (κ3) is 2.79. The van der Waals surface area contributed by atoms with Crippen molar-refractivity contribution in [1.82, 2.24) is 9.97 Å². The Hall–Kier alpha value is -1.98. The normalized spacial score (nSPS) is 11.8. The Morgan fingerprint density at radius 2 is 2.15 bits per heavy atom. The predicted octanol–water partition coefficient (Wildman–Crippen LogP) is 3.21. The zero-order chi connectivity index (χ0) is 14.8. The van der Waals surface area contributed by atoms with Crippen molar-refractivity contribution in [1.29, 1.82) is 0 Å². The summed E-state index contributed by atoms with van der Waals surface area (Å²) in [5.41, 5.74) is -0.878. The molecule has 0 unspecified atom stereocenters. The number of H-pyrrole nitrogens is 1. The van der Waals surface area contributed by atoms with Crippen molar-refractivity contribution in [3.63, 3.8) is 0 Å². The number of unbranched alkanes of at least 4 members (excludes halogenated alkanes) is 1. The fraction of sp³-hybridized carbons (Fsp3) is 0.429. The number of hydrogen-bond donors (Lipinski definition) is 1. The highest BCUT2D eigenvalue weighted by atomic mass is 19.3. The van der Waals surface area contributed by atoms with Crippen LogP contribution in [-0.2, 0) is 5.92 Å². The zero-order valence-corrected chi connectivity index (χ0v) is 11.4. The Labute approximate surface area is 114 Å². The van der Waals surface area contributed by atoms with E-state index in [-0.39, 0.29) is 6.42 Å². The van der Waals surface area contributed by atoms with Crippen LogP contribution in [-0.4, -0.2) is 17.1 Å². The summed E-state index contributed by atoms with van der Waals surface area (Å²) >= 11 is 0. The van der Waals surface area contributed by atoms with Gasteiger partial charge in [0.1, 0.15) is 5.75 Å². The topological polar surface area (TPSA) is 55.0 Å². The standard InChI is InChI=1S/C14H16F2N2O2/c1-3-4-7-14(15,16)12-13(19)18-11-8-9(20-2)5-6-10(11)17-12/h5-6,8H,3-4,7H2,1-2H3,(H,18,19). The largest absolute Gasteiger partial charge is 0.497 e. The summed E-state index contributed by atoms with van der Waals surface area (Å²) in [4.78, 5) is 18.1. The minimum Gasteiger partial charge on any atom is -0.497 e. The van der Waals surface area contributed by atoms with Crippen molar-refractivity contribution < 1.29 is 13.5 Å². The summed E-state index contributed by atoms with van der Waals surface area (Å²) in [7, 11) is 1.49. The number of hydrogen-bond acceptors (Lipinski definition) is 3. The molecule has 0 saturated carbocycles. The fourth-order valence-corrected chi connectivity index (χ4v) is 1.96. The van der Waals surface area contributed by atoms with Gasteiger partial charge >= 0.3 is 0 Å². The highest BCUT2D eigenvalue weighted by Gasteiger charge is 2.35. The molecule has 0 radical (unpaired) electrons. The lowest BCUT2D eigenvalue weighted by molar-refractivity contribution is -0.0209. The predicted molar refractivity (Wildman–Crippen MR) is 72.3 cm³/mol. The number of methoxy groups -OCH3 is 1. The van der Waals surface area contributed by atoms with Gasteiger partial charge in [-0.2, -0.15) is 8.78 Å². The number of alkyl halides is 2. The van der Waals surface area contributed by atoms with E-state index >= 15 is 0 Å². The highest BCUT2D eigenvalue weighted by Crippen LogP contribution is 2.30. The second-order valence-electron chi connectivity index (χ2n) is 4.61. The molecule has 0 saturated heterocycles. The quantitative estimate of drug-likeness (QED) is 0.916. The van der Waals surface area contributed by atoms with Crippen molar-refractivity contribution in [2.75, 3.05) is 7.11 Å². The van der Waals surface area contributed by atoms with Gasteiger partial charge in [0, 0.05) is 12.5 Å². The number of halogens is 2. The second kappa shape index (κ2) is 5.56. The first-order valence-electron chi connectivity index (χ1n) is 6.44. The monoisotopic (exact) mass is 282 g/mol. The SMILES string of the molecule is CCCCC(F)(F)c1nc2ccc(OC)cc2[nH]c1=O. The van der Waals surface area contributed by atoms with Gasteiger partial charge in [-0.3, -0.25) is 4.79 Å². The lowest BCUT2D eigenvalue weighted by Gasteiger charge is -2.14. The molecule has 6 heteroatoms. The molecule has 4 nitrogen and oxygen atoms in total. The third-order valence-corrected chi connectivity index (χ3v) is 3.09. The number of ether oxygens (including phenoxy) is 1. The summed E-state index contributed by atoms with van der Waals surface area (Å²) in [6.45, 7) is 1.82. The second-order valence-corrected chi connectivity index (χ2v) is 4.61. The highest BCUT2D eigenvalue weighted by molar-refractivity contribution is 5.75. The molecular weight excluding hydrogens is 266 g/mol. The molecule has 1 aromatic carbocycles. The molecule has 0 atom stereocenters. The Morgan fingerprint density at radius 3 is 2.80 bits per heavy atom. The molecular formula is C14H16F2N2O2. The van der Waals surface area contributed by atoms with Crippen LogP contribution < -0.4 is 10.3 Å². The Balaban J connectivity index is 2.50. The molecule has 0 spiro atoms. The average molecular weight is 282 g/mol. The van der Waals surface area contributed by atoms with Crippen LogP contribution in [0.15, 0.2) is 23.0 Å². The maximum atomic E-state index is 14.0. The van der Waals surface area contributed by atoms with Crippen LogP contribution in [0.1, 0.15) is 31.9 Å². The first kappa shape index (κ1) is 14.4. The van der Waals surface area contributed by atoms with Gasteiger partial charge in [-0.15, -0.1) is 0 Å². The van der Waals surface area contributed by atoms with E-state index in [0.29, 0.717) is 29.6 Å². The number of aromatic nitrogens is 2. The molecule has 0 fully saturated rings. The lowest BCUT2D eigenvalue weighted by atomic mass is 10.1. The summed E-state index contributed by atoms with van der Waals surface area (Å²) in [6.07, 6.45) is 0.605. The van der Waals surface area contributed by atoms with E-state index in [1.807, 2.05) is 6.92 Å². The molecule has 1 aromatic heterocycles. The molecule has 108 valence electrons. The molecule has 2 aromatic rings. The molecule has 2 rings (SSSR count). The molecule has 0 bridgehead atoms. The summed E-state index contributed by atoms with van der Waals surface area (Å²) in [5.74, 6) is -2.68. The van der Waals surface area contributed by atoms with Crippen LogP contribution in [0.4, 0.5) is 8.78 Å². The van der Waals surface area contributed by atoms with Gasteiger partial charge in [-0.25, -0.2) is 4.98 Å². The molecule has 0 aliphatic rings. The Kier molecular flexibility index (Phi) is 4.01. The van der Waals surface area contributed by atoms with Gasteiger partial charge in [0.25, 0.3) is 11.5 Å². The maximum Gasteiger partial charge on any atom is 0.295 e. The number of aromatic amines is 1. The number of benzene rings is 1. The van der Waals surface area contributed by atoms with E-state index in [9.17, 15) is 13.6 Å². The minimum absolute atomic E-state index is 0.316. The number of fused-ring (bicyclic) bond motifs is 1. The van der Waals surface area contributed by atoms with E-state index in [0.717, 1.165) is 0 Å². The smallest absolute Gasteiger partial charge is 0.295 e. The van der Waals surface area contributed by atoms with E-state index < -0.39 is 17.2 Å². The average Bonchev–Trinajstić information content (AvgIpc) is 2.43. The van der Waals surface area contributed by atoms with Gasteiger partial charge in [0.2, 0.25) is 0 Å². The third-order valence-electron chi connectivity index (χ3n) is 3.09. The van der Waals surface area contributed by atoms with E-state index in [2.05, 4.69) is 9.97 Å². The zero-order valence-electron chi connectivity index (χ0n) is 11.4. The molecule has 0 aliphatic heterocycles. The van der Waals surface area contributed by atoms with E-state index in [1.165, 1.54) is 7.11 Å². The molecule has 1 heterocycles. The molecule has 20 heavy (non-hydrogen) atoms. The number of nitrogens with zero attached hydrogens (tertiary/aromatic N) is 1. The molecule has 1 N–H and O–H groups in total. The first-order valence-corrected chi connectivity index (χ1v) is 6.44. The van der Waals surface area contributed by atoms with Crippen LogP contribution in [0.3, 0.4) is 0 Å². The van der Waals surface area contributed by atoms with Gasteiger partial charge < -0.3 is 9.72 Å². The van der Waals surface area contributed by atoms with E-state index in [1.54, 1.807) is 18.2 Å². The minimum atomic E-state index is -3.21. The Bertz CT molecular complexity index is 668. The van der Waals surface area contributed by atoms with Crippen LogP contribution in [0.25, 0.3) is 11.0 Å². The van der Waals surface area contributed by atoms with Crippen molar-refractivity contribution in [2.45, 2.75) is 32.1 Å². The molecule has 0 amide bonds. The van der Waals surface area contributed by atoms with Gasteiger partial charge in [0.15, 0.2) is 5.69 Å². The Morgan fingerprint density at radius 1 is 1.40 bits per heavy atom. The lowest BCUT2D eigenvalue weighted by Crippen LogP contribution is -2.27. The number of rotatable bonds is 5. The summed E-state index contributed by atoms with van der Waals surface area (Å²) < 4.78 is 33.0. The maximum absolute atomic E-state index is 14.0. The van der Waals surface area contributed by atoms with Gasteiger partial charge in [-0.05, 0) is 18.6 Å². The number of nitrogens with one attached hydrogen (secondary N) is 1. The van der Waals surface area contributed by atoms with Crippen LogP contribution in [0, 0.1) is 0 Å². The van der Waals surface area contributed by atoms with E-state index in [4.69, 9.17) is 4.74 Å². The summed E-state index contributed by atoms with van der Waals surface area (Å²) in [6, 6.07) is 4.71.